The van der Waals surface area contributed by atoms with Crippen LogP contribution in [0.1, 0.15) is 5.56 Å². The smallest absolute Gasteiger partial charge is 0.318 e. The molecule has 0 aliphatic rings. The molecule has 0 aromatic heterocycles. The summed E-state index contributed by atoms with van der Waals surface area (Å²) in [6, 6.07) is 8.30. The summed E-state index contributed by atoms with van der Waals surface area (Å²) in [4.78, 5) is 20.5. The van der Waals surface area contributed by atoms with Gasteiger partial charge in [-0.2, -0.15) is 0 Å². The Balaban J connectivity index is 2.42. The van der Waals surface area contributed by atoms with E-state index in [4.69, 9.17) is 9.47 Å². The fraction of sp³-hybridized carbons (Fsp3) is 0.125. The minimum absolute atomic E-state index is 0.111. The van der Waals surface area contributed by atoms with Crippen molar-refractivity contribution in [2.45, 2.75) is 6.42 Å². The van der Waals surface area contributed by atoms with E-state index in [9.17, 15) is 20.2 Å². The van der Waals surface area contributed by atoms with Gasteiger partial charge in [0.25, 0.3) is 5.69 Å². The minimum Gasteiger partial charge on any atom is -0.493 e. The lowest BCUT2D eigenvalue weighted by Gasteiger charge is -2.11. The molecule has 0 saturated carbocycles. The van der Waals surface area contributed by atoms with E-state index in [1.807, 2.05) is 0 Å². The second-order valence-electron chi connectivity index (χ2n) is 4.75. The average Bonchev–Trinajstić information content (AvgIpc) is 2.56. The summed E-state index contributed by atoms with van der Waals surface area (Å²) in [6.45, 7) is 3.65. The van der Waals surface area contributed by atoms with Crippen LogP contribution in [-0.2, 0) is 6.42 Å². The topological polar surface area (TPSA) is 105 Å². The first kappa shape index (κ1) is 16.9. The van der Waals surface area contributed by atoms with Gasteiger partial charge in [0.15, 0.2) is 11.5 Å². The van der Waals surface area contributed by atoms with E-state index in [1.165, 1.54) is 13.2 Å². The van der Waals surface area contributed by atoms with Gasteiger partial charge >= 0.3 is 5.69 Å². The quantitative estimate of drug-likeness (QED) is 0.431. The van der Waals surface area contributed by atoms with Crippen molar-refractivity contribution in [1.29, 1.82) is 0 Å². The van der Waals surface area contributed by atoms with E-state index in [-0.39, 0.29) is 17.2 Å². The van der Waals surface area contributed by atoms with Crippen molar-refractivity contribution in [1.82, 2.24) is 0 Å². The van der Waals surface area contributed by atoms with Crippen LogP contribution in [0.4, 0.5) is 11.4 Å². The van der Waals surface area contributed by atoms with Crippen LogP contribution in [0.3, 0.4) is 0 Å². The number of benzene rings is 2. The van der Waals surface area contributed by atoms with E-state index < -0.39 is 15.5 Å². The fourth-order valence-corrected chi connectivity index (χ4v) is 2.06. The molecule has 2 rings (SSSR count). The first-order valence-corrected chi connectivity index (χ1v) is 6.84. The number of nitro groups is 2. The first-order chi connectivity index (χ1) is 11.5. The monoisotopic (exact) mass is 330 g/mol. The standard InChI is InChI=1S/C16H14N2O6/c1-3-4-11-5-7-15(16(9-11)23-2)24-14-8-6-12(17(19)20)10-13(14)18(21)22/h3,5-10H,1,4H2,2H3. The molecule has 124 valence electrons. The number of hydrogen-bond donors (Lipinski definition) is 0. The van der Waals surface area contributed by atoms with Crippen LogP contribution in [0.2, 0.25) is 0 Å². The van der Waals surface area contributed by atoms with Gasteiger partial charge in [-0.15, -0.1) is 6.58 Å². The third-order valence-corrected chi connectivity index (χ3v) is 3.18. The maximum absolute atomic E-state index is 11.1. The number of non-ortho nitro benzene ring substituents is 1. The maximum Gasteiger partial charge on any atom is 0.318 e. The van der Waals surface area contributed by atoms with Gasteiger partial charge in [0.2, 0.25) is 5.75 Å². The average molecular weight is 330 g/mol. The molecule has 0 bridgehead atoms. The molecule has 0 fully saturated rings. The number of allylic oxidation sites excluding steroid dienone is 1. The molecule has 0 radical (unpaired) electrons. The van der Waals surface area contributed by atoms with Crippen LogP contribution in [0.25, 0.3) is 0 Å². The van der Waals surface area contributed by atoms with E-state index in [0.717, 1.165) is 17.7 Å². The Morgan fingerprint density at radius 3 is 2.33 bits per heavy atom. The Morgan fingerprint density at radius 2 is 1.75 bits per heavy atom. The summed E-state index contributed by atoms with van der Waals surface area (Å²) >= 11 is 0. The summed E-state index contributed by atoms with van der Waals surface area (Å²) in [6.07, 6.45) is 2.37. The van der Waals surface area contributed by atoms with Crippen LogP contribution < -0.4 is 9.47 Å². The molecule has 8 nitrogen and oxygen atoms in total. The van der Waals surface area contributed by atoms with Gasteiger partial charge in [-0.3, -0.25) is 20.2 Å². The predicted molar refractivity (Wildman–Crippen MR) is 86.7 cm³/mol. The van der Waals surface area contributed by atoms with Crippen molar-refractivity contribution in [3.8, 4) is 17.2 Å². The molecule has 0 amide bonds. The first-order valence-electron chi connectivity index (χ1n) is 6.84. The number of nitrogens with zero attached hydrogens (tertiary/aromatic N) is 2. The fourth-order valence-electron chi connectivity index (χ4n) is 2.06. The highest BCUT2D eigenvalue weighted by atomic mass is 16.6. The van der Waals surface area contributed by atoms with Crippen LogP contribution in [0.15, 0.2) is 49.1 Å². The molecule has 8 heteroatoms. The lowest BCUT2D eigenvalue weighted by molar-refractivity contribution is -0.394. The van der Waals surface area contributed by atoms with E-state index in [1.54, 1.807) is 24.3 Å². The van der Waals surface area contributed by atoms with Gasteiger partial charge in [-0.25, -0.2) is 0 Å². The van der Waals surface area contributed by atoms with Crippen LogP contribution in [0.5, 0.6) is 17.2 Å². The van der Waals surface area contributed by atoms with Crippen molar-refractivity contribution in [2.24, 2.45) is 0 Å². The lowest BCUT2D eigenvalue weighted by Crippen LogP contribution is -1.97. The largest absolute Gasteiger partial charge is 0.493 e. The Kier molecular flexibility index (Phi) is 5.10. The summed E-state index contributed by atoms with van der Waals surface area (Å²) in [5, 5.41) is 21.9. The Bertz CT molecular complexity index is 803. The zero-order valence-corrected chi connectivity index (χ0v) is 12.8. The molecule has 2 aromatic rings. The summed E-state index contributed by atoms with van der Waals surface area (Å²) in [5.74, 6) is 0.546. The van der Waals surface area contributed by atoms with Crippen molar-refractivity contribution in [3.63, 3.8) is 0 Å². The van der Waals surface area contributed by atoms with Crippen molar-refractivity contribution in [2.75, 3.05) is 7.11 Å². The Morgan fingerprint density at radius 1 is 1.04 bits per heavy atom. The van der Waals surface area contributed by atoms with Crippen LogP contribution in [0, 0.1) is 20.2 Å². The van der Waals surface area contributed by atoms with E-state index in [2.05, 4.69) is 6.58 Å². The molecule has 24 heavy (non-hydrogen) atoms. The molecule has 2 aromatic carbocycles. The van der Waals surface area contributed by atoms with Gasteiger partial charge in [0, 0.05) is 6.07 Å². The number of ether oxygens (including phenoxy) is 2. The van der Waals surface area contributed by atoms with Crippen molar-refractivity contribution >= 4 is 11.4 Å². The van der Waals surface area contributed by atoms with Gasteiger partial charge in [-0.1, -0.05) is 12.1 Å². The molecule has 0 spiro atoms. The predicted octanol–water partition coefficient (Wildman–Crippen LogP) is 4.03. The van der Waals surface area contributed by atoms with Gasteiger partial charge in [0.1, 0.15) is 0 Å². The summed E-state index contributed by atoms with van der Waals surface area (Å²) in [5.41, 5.74) is 0.0520. The van der Waals surface area contributed by atoms with Crippen LogP contribution in [-0.4, -0.2) is 17.0 Å². The zero-order chi connectivity index (χ0) is 17.7. The molecule has 0 heterocycles. The number of nitro benzene ring substituents is 2. The Hall–Kier alpha value is -3.42. The number of methoxy groups -OCH3 is 1. The third-order valence-electron chi connectivity index (χ3n) is 3.18. The minimum atomic E-state index is -0.735. The van der Waals surface area contributed by atoms with Crippen LogP contribution >= 0.6 is 0 Å². The number of rotatable bonds is 7. The van der Waals surface area contributed by atoms with E-state index >= 15 is 0 Å². The molecule has 0 atom stereocenters. The highest BCUT2D eigenvalue weighted by Crippen LogP contribution is 2.38. The lowest BCUT2D eigenvalue weighted by atomic mass is 10.1. The maximum atomic E-state index is 11.1. The van der Waals surface area contributed by atoms with Gasteiger partial charge < -0.3 is 9.47 Å². The Labute approximate surface area is 137 Å². The third kappa shape index (κ3) is 3.67. The molecule has 0 saturated heterocycles. The molecule has 0 unspecified atom stereocenters. The molecular formula is C16H14N2O6. The summed E-state index contributed by atoms with van der Waals surface area (Å²) < 4.78 is 10.8. The summed E-state index contributed by atoms with van der Waals surface area (Å²) in [7, 11) is 1.45. The van der Waals surface area contributed by atoms with Crippen molar-refractivity contribution < 1.29 is 19.3 Å². The van der Waals surface area contributed by atoms with E-state index in [0.29, 0.717) is 12.2 Å². The highest BCUT2D eigenvalue weighted by molar-refractivity contribution is 5.56. The second-order valence-corrected chi connectivity index (χ2v) is 4.75. The molecule has 0 aliphatic carbocycles. The molecule has 0 aliphatic heterocycles. The second kappa shape index (κ2) is 7.23. The SMILES string of the molecule is C=CCc1ccc(Oc2ccc([N+](=O)[O-])cc2[N+](=O)[O-])c(OC)c1. The number of hydrogen-bond acceptors (Lipinski definition) is 6. The van der Waals surface area contributed by atoms with Gasteiger partial charge in [0.05, 0.1) is 23.0 Å². The van der Waals surface area contributed by atoms with Crippen molar-refractivity contribution in [3.05, 3.63) is 74.8 Å². The zero-order valence-electron chi connectivity index (χ0n) is 12.8. The molecular weight excluding hydrogens is 316 g/mol. The molecule has 0 N–H and O–H groups in total. The normalized spacial score (nSPS) is 10.0. The highest BCUT2D eigenvalue weighted by Gasteiger charge is 2.22. The van der Waals surface area contributed by atoms with Gasteiger partial charge in [-0.05, 0) is 30.2 Å².